The van der Waals surface area contributed by atoms with Crippen molar-refractivity contribution in [2.75, 3.05) is 20.3 Å². The Kier molecular flexibility index (Phi) is 11.5. The fraction of sp³-hybridized carbons (Fsp3) is 0.406. The fourth-order valence-electron chi connectivity index (χ4n) is 4.26. The molecule has 0 spiro atoms. The lowest BCUT2D eigenvalue weighted by atomic mass is 9.88. The van der Waals surface area contributed by atoms with Crippen LogP contribution in [0.4, 0.5) is 31.1 Å². The molecule has 3 N–H and O–H groups in total. The summed E-state index contributed by atoms with van der Waals surface area (Å²) in [5, 5.41) is 15.5. The first-order chi connectivity index (χ1) is 22.1. The van der Waals surface area contributed by atoms with Crippen molar-refractivity contribution in [3.8, 4) is 22.8 Å². The molecule has 0 saturated carbocycles. The molecule has 3 aromatic rings. The molecule has 1 heterocycles. The molecule has 262 valence electrons. The average molecular weight is 706 g/mol. The maximum atomic E-state index is 14.7. The lowest BCUT2D eigenvalue weighted by Crippen LogP contribution is -2.52. The van der Waals surface area contributed by atoms with Gasteiger partial charge in [-0.2, -0.15) is 13.2 Å². The van der Waals surface area contributed by atoms with Crippen LogP contribution in [0.25, 0.3) is 11.3 Å². The van der Waals surface area contributed by atoms with E-state index in [-0.39, 0.29) is 38.9 Å². The van der Waals surface area contributed by atoms with Gasteiger partial charge >= 0.3 is 12.3 Å². The maximum absolute atomic E-state index is 14.7. The number of pyridine rings is 1. The number of halogens is 7. The number of methoxy groups -OCH3 is 1. The number of amides is 2. The van der Waals surface area contributed by atoms with Crippen LogP contribution in [0.3, 0.4) is 0 Å². The van der Waals surface area contributed by atoms with Crippen LogP contribution >= 0.6 is 11.6 Å². The van der Waals surface area contributed by atoms with Crippen LogP contribution in [-0.2, 0) is 15.9 Å². The number of aliphatic hydroxyl groups is 1. The summed E-state index contributed by atoms with van der Waals surface area (Å²) in [6.45, 7) is 5.36. The van der Waals surface area contributed by atoms with E-state index in [0.29, 0.717) is 0 Å². The number of ether oxygens (including phenoxy) is 3. The van der Waals surface area contributed by atoms with Crippen LogP contribution in [0, 0.1) is 5.82 Å². The summed E-state index contributed by atoms with van der Waals surface area (Å²) in [7, 11) is 1.17. The van der Waals surface area contributed by atoms with E-state index in [2.05, 4.69) is 10.3 Å². The molecule has 0 saturated heterocycles. The van der Waals surface area contributed by atoms with E-state index in [1.807, 2.05) is 5.32 Å². The number of nitrogens with zero attached hydrogens (tertiary/aromatic N) is 1. The van der Waals surface area contributed by atoms with Crippen molar-refractivity contribution in [2.45, 2.75) is 64.0 Å². The summed E-state index contributed by atoms with van der Waals surface area (Å²) in [6, 6.07) is 8.82. The van der Waals surface area contributed by atoms with Gasteiger partial charge in [0.2, 0.25) is 5.60 Å². The molecule has 0 bridgehead atoms. The molecule has 2 aromatic carbocycles. The van der Waals surface area contributed by atoms with Crippen LogP contribution in [-0.4, -0.2) is 60.6 Å². The predicted octanol–water partition coefficient (Wildman–Crippen LogP) is 7.13. The summed E-state index contributed by atoms with van der Waals surface area (Å²) < 4.78 is 98.6. The molecule has 0 radical (unpaired) electrons. The highest BCUT2D eigenvalue weighted by Gasteiger charge is 2.56. The van der Waals surface area contributed by atoms with Crippen molar-refractivity contribution in [1.29, 1.82) is 0 Å². The molecule has 1 unspecified atom stereocenters. The largest absolute Gasteiger partial charge is 0.493 e. The minimum atomic E-state index is -5.43. The smallest absolute Gasteiger partial charge is 0.424 e. The number of rotatable bonds is 11. The molecule has 1 aromatic heterocycles. The van der Waals surface area contributed by atoms with E-state index in [1.165, 1.54) is 33.1 Å². The molecular weight excluding hydrogens is 672 g/mol. The number of nitrogens with one attached hydrogen (secondary N) is 2. The summed E-state index contributed by atoms with van der Waals surface area (Å²) >= 11 is 5.93. The number of alkyl carbamates (subject to hydrolysis) is 1. The van der Waals surface area contributed by atoms with Gasteiger partial charge in [-0.25, -0.2) is 22.9 Å². The SMILES string of the molecule is COc1cc(C(=O)NCC(O)(c2cc(C(C)(C)NC(=O)OC(C)(C)C)cc(-c3ccc(F)c(Cl)c3)n2)C(F)(F)F)ccc1OCC(F)F. The van der Waals surface area contributed by atoms with Gasteiger partial charge in [-0.15, -0.1) is 0 Å². The maximum Gasteiger partial charge on any atom is 0.424 e. The van der Waals surface area contributed by atoms with Crippen molar-refractivity contribution < 1.29 is 55.2 Å². The van der Waals surface area contributed by atoms with Gasteiger partial charge in [-0.3, -0.25) is 4.79 Å². The molecule has 9 nitrogen and oxygen atoms in total. The van der Waals surface area contributed by atoms with Gasteiger partial charge < -0.3 is 30.0 Å². The van der Waals surface area contributed by atoms with E-state index in [4.69, 9.17) is 25.8 Å². The predicted molar refractivity (Wildman–Crippen MR) is 164 cm³/mol. The van der Waals surface area contributed by atoms with Crippen LogP contribution < -0.4 is 20.1 Å². The number of carbonyl (C=O) groups is 2. The molecule has 3 rings (SSSR count). The molecule has 0 aliphatic heterocycles. The van der Waals surface area contributed by atoms with Crippen LogP contribution in [0.1, 0.15) is 56.2 Å². The van der Waals surface area contributed by atoms with Crippen molar-refractivity contribution in [1.82, 2.24) is 15.6 Å². The van der Waals surface area contributed by atoms with Gasteiger partial charge in [0.15, 0.2) is 11.5 Å². The highest BCUT2D eigenvalue weighted by Crippen LogP contribution is 2.40. The minimum Gasteiger partial charge on any atom is -0.493 e. The topological polar surface area (TPSA) is 119 Å². The lowest BCUT2D eigenvalue weighted by Gasteiger charge is -2.33. The first-order valence-corrected chi connectivity index (χ1v) is 14.6. The van der Waals surface area contributed by atoms with Crippen LogP contribution in [0.2, 0.25) is 5.02 Å². The molecule has 0 aliphatic rings. The molecule has 16 heteroatoms. The normalized spacial score (nSPS) is 13.5. The number of hydrogen-bond donors (Lipinski definition) is 3. The number of hydrogen-bond acceptors (Lipinski definition) is 7. The Hall–Kier alpha value is -4.24. The first-order valence-electron chi connectivity index (χ1n) is 14.2. The Morgan fingerprint density at radius 1 is 0.979 bits per heavy atom. The summed E-state index contributed by atoms with van der Waals surface area (Å²) in [4.78, 5) is 29.7. The zero-order valence-electron chi connectivity index (χ0n) is 26.7. The van der Waals surface area contributed by atoms with Crippen LogP contribution in [0.15, 0.2) is 48.5 Å². The second-order valence-electron chi connectivity index (χ2n) is 12.1. The standard InChI is InChI=1S/C32H34ClF6N3O6/c1-29(2,3)48-28(44)42-30(4,5)19-13-22(17-7-9-21(34)20(33)11-17)41-25(14-19)31(45,32(37,38)39)16-40-27(43)18-8-10-23(24(12-18)46-6)47-15-26(35)36/h7-14,26,45H,15-16H2,1-6H3,(H,40,43)(H,42,44). The van der Waals surface area contributed by atoms with Gasteiger partial charge in [-0.1, -0.05) is 11.6 Å². The van der Waals surface area contributed by atoms with Gasteiger partial charge in [0.25, 0.3) is 12.3 Å². The second kappa shape index (κ2) is 14.5. The fourth-order valence-corrected chi connectivity index (χ4v) is 4.45. The molecule has 0 fully saturated rings. The Morgan fingerprint density at radius 2 is 1.65 bits per heavy atom. The number of carbonyl (C=O) groups excluding carboxylic acids is 2. The Balaban J connectivity index is 2.08. The number of benzene rings is 2. The lowest BCUT2D eigenvalue weighted by molar-refractivity contribution is -0.265. The number of alkyl halides is 5. The third-order valence-corrected chi connectivity index (χ3v) is 7.05. The number of aromatic nitrogens is 1. The zero-order chi connectivity index (χ0) is 36.2. The third-order valence-electron chi connectivity index (χ3n) is 6.76. The van der Waals surface area contributed by atoms with Crippen LogP contribution in [0.5, 0.6) is 11.5 Å². The van der Waals surface area contributed by atoms with Crippen molar-refractivity contribution in [3.63, 3.8) is 0 Å². The Morgan fingerprint density at radius 3 is 2.21 bits per heavy atom. The first kappa shape index (κ1) is 38.2. The summed E-state index contributed by atoms with van der Waals surface area (Å²) in [5.74, 6) is -2.18. The van der Waals surface area contributed by atoms with Gasteiger partial charge in [-0.05, 0) is 88.7 Å². The van der Waals surface area contributed by atoms with Crippen molar-refractivity contribution >= 4 is 23.6 Å². The van der Waals surface area contributed by atoms with E-state index in [9.17, 15) is 41.0 Å². The quantitative estimate of drug-likeness (QED) is 0.182. The molecule has 48 heavy (non-hydrogen) atoms. The van der Waals surface area contributed by atoms with Crippen molar-refractivity contribution in [2.24, 2.45) is 0 Å². The second-order valence-corrected chi connectivity index (χ2v) is 12.5. The highest BCUT2D eigenvalue weighted by atomic mass is 35.5. The van der Waals surface area contributed by atoms with Gasteiger partial charge in [0, 0.05) is 11.1 Å². The van der Waals surface area contributed by atoms with E-state index >= 15 is 0 Å². The third kappa shape index (κ3) is 9.43. The Bertz CT molecular complexity index is 1650. The van der Waals surface area contributed by atoms with E-state index in [1.54, 1.807) is 20.8 Å². The average Bonchev–Trinajstić information content (AvgIpc) is 2.97. The van der Waals surface area contributed by atoms with Gasteiger partial charge in [0.05, 0.1) is 35.6 Å². The van der Waals surface area contributed by atoms with Gasteiger partial charge in [0.1, 0.15) is 18.0 Å². The molecule has 0 aliphatic carbocycles. The molecular formula is C32H34ClF6N3O6. The monoisotopic (exact) mass is 705 g/mol. The van der Waals surface area contributed by atoms with E-state index in [0.717, 1.165) is 36.4 Å². The summed E-state index contributed by atoms with van der Waals surface area (Å²) in [5.41, 5.74) is -7.46. The van der Waals surface area contributed by atoms with Crippen molar-refractivity contribution in [3.05, 3.63) is 76.2 Å². The Labute approximate surface area is 277 Å². The highest BCUT2D eigenvalue weighted by molar-refractivity contribution is 6.31. The molecule has 2 amide bonds. The minimum absolute atomic E-state index is 0.0203. The summed E-state index contributed by atoms with van der Waals surface area (Å²) in [6.07, 6.45) is -9.13. The zero-order valence-corrected chi connectivity index (χ0v) is 27.4. The van der Waals surface area contributed by atoms with E-state index < -0.39 is 66.0 Å². The molecule has 1 atom stereocenters.